The second-order valence-electron chi connectivity index (χ2n) is 2.56. The van der Waals surface area contributed by atoms with Crippen LogP contribution in [0, 0.1) is 0 Å². The molecule has 0 saturated carbocycles. The first-order chi connectivity index (χ1) is 5.08. The molecule has 0 aromatic heterocycles. The Morgan fingerprint density at radius 3 is 2.73 bits per heavy atom. The highest BCUT2D eigenvalue weighted by Gasteiger charge is 2.01. The van der Waals surface area contributed by atoms with Gasteiger partial charge in [-0.15, -0.1) is 0 Å². The van der Waals surface area contributed by atoms with Gasteiger partial charge in [0.25, 0.3) is 0 Å². The molecule has 0 aromatic carbocycles. The van der Waals surface area contributed by atoms with Crippen molar-refractivity contribution < 1.29 is 8.42 Å². The molecule has 0 heterocycles. The lowest BCUT2D eigenvalue weighted by atomic mass is 10.2. The van der Waals surface area contributed by atoms with E-state index >= 15 is 0 Å². The Morgan fingerprint density at radius 2 is 2.27 bits per heavy atom. The Hall–Kier alpha value is -0.610. The van der Waals surface area contributed by atoms with Gasteiger partial charge in [-0.05, 0) is 25.3 Å². The van der Waals surface area contributed by atoms with E-state index in [1.807, 2.05) is 6.08 Å². The van der Waals surface area contributed by atoms with Crippen molar-refractivity contribution in [3.63, 3.8) is 0 Å². The van der Waals surface area contributed by atoms with Crippen LogP contribution < -0.4 is 5.14 Å². The molecule has 62 valence electrons. The minimum absolute atomic E-state index is 0.964. The summed E-state index contributed by atoms with van der Waals surface area (Å²) in [7, 11) is -3.43. The van der Waals surface area contributed by atoms with Crippen LogP contribution in [0.5, 0.6) is 0 Å². The van der Waals surface area contributed by atoms with Crippen LogP contribution in [0.2, 0.25) is 0 Å². The van der Waals surface area contributed by atoms with Crippen molar-refractivity contribution in [1.82, 2.24) is 0 Å². The number of primary sulfonamides is 1. The van der Waals surface area contributed by atoms with Gasteiger partial charge >= 0.3 is 0 Å². The molecule has 0 bridgehead atoms. The van der Waals surface area contributed by atoms with Gasteiger partial charge in [0.1, 0.15) is 0 Å². The fourth-order valence-corrected chi connectivity index (χ4v) is 1.39. The minimum Gasteiger partial charge on any atom is -0.225 e. The molecule has 0 radical (unpaired) electrons. The van der Waals surface area contributed by atoms with Gasteiger partial charge in [-0.2, -0.15) is 0 Å². The molecule has 0 aromatic rings. The molecule has 3 nitrogen and oxygen atoms in total. The minimum atomic E-state index is -3.43. The zero-order chi connectivity index (χ0) is 8.32. The standard InChI is InChI=1S/C7H11NO2S/c8-11(9,10)6-5-7-3-1-2-4-7/h3,5-6H,1-2,4H2,(H2,8,9,10)/b6-5+. The van der Waals surface area contributed by atoms with E-state index in [2.05, 4.69) is 0 Å². The van der Waals surface area contributed by atoms with Crippen LogP contribution in [0.15, 0.2) is 23.1 Å². The number of nitrogens with two attached hydrogens (primary N) is 1. The summed E-state index contributed by atoms with van der Waals surface area (Å²) < 4.78 is 20.9. The predicted molar refractivity (Wildman–Crippen MR) is 44.2 cm³/mol. The fraction of sp³-hybridized carbons (Fsp3) is 0.429. The first-order valence-electron chi connectivity index (χ1n) is 3.48. The summed E-state index contributed by atoms with van der Waals surface area (Å²) >= 11 is 0. The van der Waals surface area contributed by atoms with Gasteiger partial charge in [-0.3, -0.25) is 0 Å². The second kappa shape index (κ2) is 3.19. The van der Waals surface area contributed by atoms with Gasteiger partial charge < -0.3 is 0 Å². The Balaban J connectivity index is 2.61. The van der Waals surface area contributed by atoms with Gasteiger partial charge in [0.15, 0.2) is 0 Å². The molecular formula is C7H11NO2S. The zero-order valence-electron chi connectivity index (χ0n) is 6.16. The predicted octanol–water partition coefficient (Wildman–Crippen LogP) is 0.899. The normalized spacial score (nSPS) is 19.2. The molecule has 4 heteroatoms. The number of allylic oxidation sites excluding steroid dienone is 3. The molecule has 0 unspecified atom stereocenters. The van der Waals surface area contributed by atoms with E-state index in [0.29, 0.717) is 0 Å². The lowest BCUT2D eigenvalue weighted by Gasteiger charge is -1.89. The highest BCUT2D eigenvalue weighted by Crippen LogP contribution is 2.18. The van der Waals surface area contributed by atoms with E-state index < -0.39 is 10.0 Å². The van der Waals surface area contributed by atoms with Crippen LogP contribution in [0.4, 0.5) is 0 Å². The summed E-state index contributed by atoms with van der Waals surface area (Å²) in [5, 5.41) is 5.82. The van der Waals surface area contributed by atoms with Crippen molar-refractivity contribution in [2.75, 3.05) is 0 Å². The van der Waals surface area contributed by atoms with Crippen LogP contribution in [-0.2, 0) is 10.0 Å². The van der Waals surface area contributed by atoms with E-state index in [0.717, 1.165) is 30.2 Å². The number of hydrogen-bond acceptors (Lipinski definition) is 2. The Bertz CT molecular complexity index is 288. The van der Waals surface area contributed by atoms with Crippen molar-refractivity contribution in [3.05, 3.63) is 23.1 Å². The molecule has 1 aliphatic carbocycles. The van der Waals surface area contributed by atoms with Crippen molar-refractivity contribution in [2.45, 2.75) is 19.3 Å². The fourth-order valence-electron chi connectivity index (χ4n) is 1.03. The first kappa shape index (κ1) is 8.49. The number of rotatable bonds is 2. The van der Waals surface area contributed by atoms with Crippen molar-refractivity contribution in [2.24, 2.45) is 5.14 Å². The van der Waals surface area contributed by atoms with E-state index in [1.54, 1.807) is 6.08 Å². The van der Waals surface area contributed by atoms with E-state index in [4.69, 9.17) is 5.14 Å². The van der Waals surface area contributed by atoms with Gasteiger partial charge in [0.05, 0.1) is 0 Å². The van der Waals surface area contributed by atoms with Gasteiger partial charge in [-0.1, -0.05) is 11.6 Å². The summed E-state index contributed by atoms with van der Waals surface area (Å²) in [6, 6.07) is 0. The lowest BCUT2D eigenvalue weighted by Crippen LogP contribution is -2.06. The highest BCUT2D eigenvalue weighted by atomic mass is 32.2. The summed E-state index contributed by atoms with van der Waals surface area (Å²) in [6.07, 6.45) is 6.73. The Morgan fingerprint density at radius 1 is 1.55 bits per heavy atom. The largest absolute Gasteiger partial charge is 0.231 e. The maximum atomic E-state index is 10.5. The van der Waals surface area contributed by atoms with Gasteiger partial charge in [-0.25, -0.2) is 13.6 Å². The van der Waals surface area contributed by atoms with Crippen molar-refractivity contribution in [3.8, 4) is 0 Å². The quantitative estimate of drug-likeness (QED) is 0.674. The third kappa shape index (κ3) is 3.34. The average molecular weight is 173 g/mol. The average Bonchev–Trinajstić information content (AvgIpc) is 2.32. The molecule has 0 atom stereocenters. The third-order valence-corrected chi connectivity index (χ3v) is 2.06. The van der Waals surface area contributed by atoms with Crippen molar-refractivity contribution >= 4 is 10.0 Å². The molecule has 1 rings (SSSR count). The van der Waals surface area contributed by atoms with Gasteiger partial charge in [0, 0.05) is 5.41 Å². The Kier molecular flexibility index (Phi) is 2.46. The van der Waals surface area contributed by atoms with Crippen LogP contribution in [0.25, 0.3) is 0 Å². The monoisotopic (exact) mass is 173 g/mol. The van der Waals surface area contributed by atoms with Crippen molar-refractivity contribution in [1.29, 1.82) is 0 Å². The molecule has 1 aliphatic rings. The van der Waals surface area contributed by atoms with Crippen LogP contribution in [-0.4, -0.2) is 8.42 Å². The van der Waals surface area contributed by atoms with E-state index in [1.165, 1.54) is 0 Å². The summed E-state index contributed by atoms with van der Waals surface area (Å²) in [6.45, 7) is 0. The summed E-state index contributed by atoms with van der Waals surface area (Å²) in [5.41, 5.74) is 1.07. The summed E-state index contributed by atoms with van der Waals surface area (Å²) in [4.78, 5) is 0. The Labute approximate surface area is 66.6 Å². The number of sulfonamides is 1. The molecule has 0 aliphatic heterocycles. The second-order valence-corrected chi connectivity index (χ2v) is 4.01. The number of hydrogen-bond donors (Lipinski definition) is 1. The summed E-state index contributed by atoms with van der Waals surface area (Å²) in [5.74, 6) is 0. The molecule has 11 heavy (non-hydrogen) atoms. The molecule has 0 saturated heterocycles. The molecule has 0 spiro atoms. The van der Waals surface area contributed by atoms with Crippen LogP contribution in [0.3, 0.4) is 0 Å². The molecule has 0 amide bonds. The van der Waals surface area contributed by atoms with E-state index in [9.17, 15) is 8.42 Å². The molecule has 2 N–H and O–H groups in total. The highest BCUT2D eigenvalue weighted by molar-refractivity contribution is 7.92. The smallest absolute Gasteiger partial charge is 0.225 e. The maximum Gasteiger partial charge on any atom is 0.231 e. The van der Waals surface area contributed by atoms with Gasteiger partial charge in [0.2, 0.25) is 10.0 Å². The molecule has 0 fully saturated rings. The van der Waals surface area contributed by atoms with Crippen LogP contribution >= 0.6 is 0 Å². The third-order valence-electron chi connectivity index (χ3n) is 1.55. The zero-order valence-corrected chi connectivity index (χ0v) is 6.97. The lowest BCUT2D eigenvalue weighted by molar-refractivity contribution is 0.606. The van der Waals surface area contributed by atoms with Crippen LogP contribution in [0.1, 0.15) is 19.3 Å². The molecular weight excluding hydrogens is 162 g/mol. The SMILES string of the molecule is NS(=O)(=O)/C=C/C1=CCCC1. The topological polar surface area (TPSA) is 60.2 Å². The van der Waals surface area contributed by atoms with E-state index in [-0.39, 0.29) is 0 Å². The first-order valence-corrected chi connectivity index (χ1v) is 5.09. The maximum absolute atomic E-state index is 10.5.